The maximum atomic E-state index is 12.4. The van der Waals surface area contributed by atoms with E-state index in [9.17, 15) is 4.79 Å². The monoisotopic (exact) mass is 325 g/mol. The lowest BCUT2D eigenvalue weighted by atomic mass is 10.1. The molecule has 4 nitrogen and oxygen atoms in total. The van der Waals surface area contributed by atoms with Crippen molar-refractivity contribution in [1.29, 1.82) is 0 Å². The van der Waals surface area contributed by atoms with Crippen LogP contribution >= 0.6 is 11.3 Å². The third kappa shape index (κ3) is 2.65. The summed E-state index contributed by atoms with van der Waals surface area (Å²) < 4.78 is 0. The van der Waals surface area contributed by atoms with Crippen molar-refractivity contribution in [3.8, 4) is 0 Å². The van der Waals surface area contributed by atoms with E-state index in [1.54, 1.807) is 11.3 Å². The molecule has 0 saturated heterocycles. The molecule has 1 aliphatic rings. The third-order valence-corrected chi connectivity index (χ3v) is 5.60. The predicted octanol–water partition coefficient (Wildman–Crippen LogP) is 3.65. The van der Waals surface area contributed by atoms with Crippen molar-refractivity contribution in [2.75, 3.05) is 5.32 Å². The van der Waals surface area contributed by atoms with Crippen molar-refractivity contribution in [2.45, 2.75) is 39.2 Å². The lowest BCUT2D eigenvalue weighted by Crippen LogP contribution is -2.14. The number of aromatic amines is 1. The molecule has 2 heterocycles. The first kappa shape index (κ1) is 14.5. The van der Waals surface area contributed by atoms with Gasteiger partial charge in [-0.1, -0.05) is 19.1 Å². The van der Waals surface area contributed by atoms with Crippen LogP contribution < -0.4 is 10.9 Å². The Balaban J connectivity index is 1.61. The Kier molecular flexibility index (Phi) is 3.65. The Morgan fingerprint density at radius 1 is 1.35 bits per heavy atom. The molecule has 0 bridgehead atoms. The summed E-state index contributed by atoms with van der Waals surface area (Å²) in [5, 5.41) is 4.17. The van der Waals surface area contributed by atoms with E-state index in [2.05, 4.69) is 34.3 Å². The van der Waals surface area contributed by atoms with Gasteiger partial charge in [0.15, 0.2) is 0 Å². The van der Waals surface area contributed by atoms with Crippen LogP contribution in [0.15, 0.2) is 29.1 Å². The van der Waals surface area contributed by atoms with E-state index < -0.39 is 0 Å². The van der Waals surface area contributed by atoms with Gasteiger partial charge in [0.25, 0.3) is 5.56 Å². The Morgan fingerprint density at radius 3 is 3.13 bits per heavy atom. The number of aryl methyl sites for hydroxylation is 3. The van der Waals surface area contributed by atoms with Crippen LogP contribution in [0.1, 0.15) is 35.2 Å². The number of H-pyrrole nitrogens is 1. The summed E-state index contributed by atoms with van der Waals surface area (Å²) >= 11 is 1.68. The first-order valence-corrected chi connectivity index (χ1v) is 8.92. The van der Waals surface area contributed by atoms with Gasteiger partial charge in [-0.2, -0.15) is 0 Å². The van der Waals surface area contributed by atoms with Crippen LogP contribution in [0.3, 0.4) is 0 Å². The van der Waals surface area contributed by atoms with Crippen molar-refractivity contribution in [3.63, 3.8) is 0 Å². The molecule has 23 heavy (non-hydrogen) atoms. The molecule has 2 aromatic heterocycles. The van der Waals surface area contributed by atoms with Crippen LogP contribution in [0.25, 0.3) is 10.2 Å². The van der Waals surface area contributed by atoms with E-state index >= 15 is 0 Å². The summed E-state index contributed by atoms with van der Waals surface area (Å²) in [6.45, 7) is 2.67. The molecule has 118 valence electrons. The summed E-state index contributed by atoms with van der Waals surface area (Å²) in [6.07, 6.45) is 4.28. The van der Waals surface area contributed by atoms with Gasteiger partial charge in [-0.15, -0.1) is 11.3 Å². The molecule has 0 radical (unpaired) electrons. The average molecular weight is 325 g/mol. The lowest BCUT2D eigenvalue weighted by Gasteiger charge is -2.07. The number of hydrogen-bond donors (Lipinski definition) is 2. The molecule has 0 fully saturated rings. The number of hydrogen-bond acceptors (Lipinski definition) is 4. The van der Waals surface area contributed by atoms with Gasteiger partial charge in [-0.25, -0.2) is 4.98 Å². The number of benzene rings is 1. The zero-order valence-corrected chi connectivity index (χ0v) is 13.9. The largest absolute Gasteiger partial charge is 0.378 e. The molecule has 2 N–H and O–H groups in total. The van der Waals surface area contributed by atoms with Crippen LogP contribution in [0.5, 0.6) is 0 Å². The summed E-state index contributed by atoms with van der Waals surface area (Å²) in [6, 6.07) is 8.33. The topological polar surface area (TPSA) is 57.8 Å². The molecule has 0 amide bonds. The fourth-order valence-corrected chi connectivity index (χ4v) is 4.50. The number of fused-ring (bicyclic) bond motifs is 3. The van der Waals surface area contributed by atoms with E-state index in [4.69, 9.17) is 0 Å². The van der Waals surface area contributed by atoms with E-state index in [1.165, 1.54) is 16.0 Å². The quantitative estimate of drug-likeness (QED) is 0.770. The molecule has 0 unspecified atom stereocenters. The maximum Gasteiger partial charge on any atom is 0.259 e. The Hall–Kier alpha value is -2.14. The molecule has 3 aromatic rings. The zero-order valence-electron chi connectivity index (χ0n) is 13.1. The van der Waals surface area contributed by atoms with Crippen LogP contribution in [0.2, 0.25) is 0 Å². The first-order valence-electron chi connectivity index (χ1n) is 8.11. The smallest absolute Gasteiger partial charge is 0.259 e. The van der Waals surface area contributed by atoms with Gasteiger partial charge in [0.05, 0.1) is 11.9 Å². The van der Waals surface area contributed by atoms with Crippen molar-refractivity contribution >= 4 is 27.2 Å². The van der Waals surface area contributed by atoms with Crippen molar-refractivity contribution in [1.82, 2.24) is 9.97 Å². The third-order valence-electron chi connectivity index (χ3n) is 4.42. The second-order valence-electron chi connectivity index (χ2n) is 5.96. The Labute approximate surface area is 138 Å². The Bertz CT molecular complexity index is 926. The molecule has 0 atom stereocenters. The second kappa shape index (κ2) is 5.81. The zero-order chi connectivity index (χ0) is 15.8. The number of nitrogens with one attached hydrogen (secondary N) is 2. The second-order valence-corrected chi connectivity index (χ2v) is 7.04. The van der Waals surface area contributed by atoms with Crippen molar-refractivity contribution in [3.05, 3.63) is 56.4 Å². The van der Waals surface area contributed by atoms with Crippen molar-refractivity contribution < 1.29 is 0 Å². The van der Waals surface area contributed by atoms with Crippen LogP contribution in [0.4, 0.5) is 5.69 Å². The first-order chi connectivity index (χ1) is 11.2. The van der Waals surface area contributed by atoms with Gasteiger partial charge in [-0.05, 0) is 48.9 Å². The SMILES string of the molecule is CCc1cccc(NCc2nc3sc4c(c3c(=O)[nH]2)CCC4)c1. The molecule has 0 aliphatic heterocycles. The predicted molar refractivity (Wildman–Crippen MR) is 95.4 cm³/mol. The highest BCUT2D eigenvalue weighted by Crippen LogP contribution is 2.34. The molecular formula is C18H19N3OS. The number of nitrogens with zero attached hydrogens (tertiary/aromatic N) is 1. The average Bonchev–Trinajstić information content (AvgIpc) is 3.13. The molecule has 1 aliphatic carbocycles. The molecular weight excluding hydrogens is 306 g/mol. The molecule has 1 aromatic carbocycles. The molecule has 4 rings (SSSR count). The fourth-order valence-electron chi connectivity index (χ4n) is 3.22. The minimum atomic E-state index is 0.00788. The number of anilines is 1. The van der Waals surface area contributed by atoms with Gasteiger partial charge in [-0.3, -0.25) is 4.79 Å². The van der Waals surface area contributed by atoms with E-state index in [-0.39, 0.29) is 5.56 Å². The minimum Gasteiger partial charge on any atom is -0.378 e. The van der Waals surface area contributed by atoms with E-state index in [0.29, 0.717) is 12.4 Å². The normalized spacial score (nSPS) is 13.4. The summed E-state index contributed by atoms with van der Waals surface area (Å²) in [7, 11) is 0. The standard InChI is InChI=1S/C18H19N3OS/c1-2-11-5-3-6-12(9-11)19-10-15-20-17(22)16-13-7-4-8-14(13)23-18(16)21-15/h3,5-6,9,19H,2,4,7-8,10H2,1H3,(H,20,21,22). The molecule has 0 spiro atoms. The van der Waals surface area contributed by atoms with Gasteiger partial charge < -0.3 is 10.3 Å². The van der Waals surface area contributed by atoms with Gasteiger partial charge in [0.2, 0.25) is 0 Å². The number of aromatic nitrogens is 2. The minimum absolute atomic E-state index is 0.00788. The van der Waals surface area contributed by atoms with Crippen LogP contribution in [-0.2, 0) is 25.8 Å². The Morgan fingerprint density at radius 2 is 2.26 bits per heavy atom. The van der Waals surface area contributed by atoms with Crippen LogP contribution in [0, 0.1) is 0 Å². The highest BCUT2D eigenvalue weighted by Gasteiger charge is 2.20. The highest BCUT2D eigenvalue weighted by molar-refractivity contribution is 7.18. The fraction of sp³-hybridized carbons (Fsp3) is 0.333. The summed E-state index contributed by atoms with van der Waals surface area (Å²) in [4.78, 5) is 22.2. The highest BCUT2D eigenvalue weighted by atomic mass is 32.1. The van der Waals surface area contributed by atoms with Gasteiger partial charge >= 0.3 is 0 Å². The van der Waals surface area contributed by atoms with Crippen LogP contribution in [-0.4, -0.2) is 9.97 Å². The summed E-state index contributed by atoms with van der Waals surface area (Å²) in [5.41, 5.74) is 3.59. The number of rotatable bonds is 4. The van der Waals surface area contributed by atoms with E-state index in [1.807, 2.05) is 12.1 Å². The molecule has 0 saturated carbocycles. The van der Waals surface area contributed by atoms with Gasteiger partial charge in [0, 0.05) is 10.6 Å². The van der Waals surface area contributed by atoms with Crippen molar-refractivity contribution in [2.24, 2.45) is 0 Å². The van der Waals surface area contributed by atoms with Gasteiger partial charge in [0.1, 0.15) is 10.7 Å². The molecule has 5 heteroatoms. The number of thiophene rings is 1. The van der Waals surface area contributed by atoms with E-state index in [0.717, 1.165) is 41.6 Å². The maximum absolute atomic E-state index is 12.4. The lowest BCUT2D eigenvalue weighted by molar-refractivity contribution is 0.913. The summed E-state index contributed by atoms with van der Waals surface area (Å²) in [5.74, 6) is 0.698.